The van der Waals surface area contributed by atoms with Gasteiger partial charge in [0.25, 0.3) is 0 Å². The Hall–Kier alpha value is -1.28. The fourth-order valence-electron chi connectivity index (χ4n) is 2.71. The Labute approximate surface area is 141 Å². The summed E-state index contributed by atoms with van der Waals surface area (Å²) in [5.74, 6) is 1.05. The summed E-state index contributed by atoms with van der Waals surface area (Å²) in [4.78, 5) is 0. The highest BCUT2D eigenvalue weighted by Crippen LogP contribution is 2.22. The lowest BCUT2D eigenvalue weighted by Gasteiger charge is -2.10. The SMILES string of the molecule is CCC/C=C/CCCCCCCc1ccccc1OCC1CO1. The van der Waals surface area contributed by atoms with Gasteiger partial charge in [0, 0.05) is 0 Å². The molecule has 0 saturated carbocycles. The van der Waals surface area contributed by atoms with Crippen LogP contribution in [0.15, 0.2) is 36.4 Å². The van der Waals surface area contributed by atoms with Gasteiger partial charge in [0.05, 0.1) is 6.61 Å². The second-order valence-electron chi connectivity index (χ2n) is 6.44. The lowest BCUT2D eigenvalue weighted by Crippen LogP contribution is -2.05. The van der Waals surface area contributed by atoms with E-state index >= 15 is 0 Å². The van der Waals surface area contributed by atoms with Crippen LogP contribution >= 0.6 is 0 Å². The van der Waals surface area contributed by atoms with Crippen LogP contribution in [0.25, 0.3) is 0 Å². The molecule has 1 heterocycles. The molecule has 1 aromatic rings. The van der Waals surface area contributed by atoms with Gasteiger partial charge in [-0.1, -0.05) is 63.0 Å². The van der Waals surface area contributed by atoms with Crippen LogP contribution in [0, 0.1) is 0 Å². The van der Waals surface area contributed by atoms with Crippen LogP contribution in [0.2, 0.25) is 0 Å². The van der Waals surface area contributed by atoms with E-state index in [1.54, 1.807) is 0 Å². The molecule has 0 N–H and O–H groups in total. The third-order valence-corrected chi connectivity index (χ3v) is 4.24. The number of benzene rings is 1. The van der Waals surface area contributed by atoms with E-state index in [4.69, 9.17) is 9.47 Å². The van der Waals surface area contributed by atoms with Gasteiger partial charge in [-0.2, -0.15) is 0 Å². The lowest BCUT2D eigenvalue weighted by molar-refractivity contribution is 0.261. The molecule has 1 aromatic carbocycles. The van der Waals surface area contributed by atoms with Gasteiger partial charge in [-0.25, -0.2) is 0 Å². The Kier molecular flexibility index (Phi) is 8.86. The molecule has 2 heteroatoms. The molecule has 1 fully saturated rings. The number of hydrogen-bond acceptors (Lipinski definition) is 2. The van der Waals surface area contributed by atoms with Gasteiger partial charge in [-0.15, -0.1) is 0 Å². The van der Waals surface area contributed by atoms with E-state index in [0.717, 1.165) is 18.8 Å². The van der Waals surface area contributed by atoms with Crippen molar-refractivity contribution in [2.75, 3.05) is 13.2 Å². The number of hydrogen-bond donors (Lipinski definition) is 0. The van der Waals surface area contributed by atoms with Gasteiger partial charge in [0.15, 0.2) is 0 Å². The van der Waals surface area contributed by atoms with Crippen LogP contribution in [0.4, 0.5) is 0 Å². The molecule has 1 aliphatic rings. The normalized spacial score (nSPS) is 16.8. The highest BCUT2D eigenvalue weighted by Gasteiger charge is 2.23. The van der Waals surface area contributed by atoms with Gasteiger partial charge < -0.3 is 9.47 Å². The number of unbranched alkanes of at least 4 members (excludes halogenated alkanes) is 6. The summed E-state index contributed by atoms with van der Waals surface area (Å²) >= 11 is 0. The maximum Gasteiger partial charge on any atom is 0.122 e. The first-order chi connectivity index (χ1) is 11.4. The van der Waals surface area contributed by atoms with E-state index in [0.29, 0.717) is 12.7 Å². The molecule has 1 unspecified atom stereocenters. The van der Waals surface area contributed by atoms with Crippen molar-refractivity contribution in [1.29, 1.82) is 0 Å². The number of allylic oxidation sites excluding steroid dienone is 2. The fourth-order valence-corrected chi connectivity index (χ4v) is 2.71. The quantitative estimate of drug-likeness (QED) is 0.264. The molecular formula is C21H32O2. The summed E-state index contributed by atoms with van der Waals surface area (Å²) in [7, 11) is 0. The van der Waals surface area contributed by atoms with E-state index in [9.17, 15) is 0 Å². The van der Waals surface area contributed by atoms with E-state index < -0.39 is 0 Å². The average molecular weight is 316 g/mol. The average Bonchev–Trinajstić information content (AvgIpc) is 3.40. The Morgan fingerprint density at radius 1 is 1.04 bits per heavy atom. The summed E-state index contributed by atoms with van der Waals surface area (Å²) < 4.78 is 11.1. The van der Waals surface area contributed by atoms with Crippen molar-refractivity contribution in [2.24, 2.45) is 0 Å². The molecule has 0 spiro atoms. The first-order valence-electron chi connectivity index (χ1n) is 9.37. The van der Waals surface area contributed by atoms with E-state index in [2.05, 4.69) is 43.3 Å². The van der Waals surface area contributed by atoms with Crippen molar-refractivity contribution in [3.05, 3.63) is 42.0 Å². The lowest BCUT2D eigenvalue weighted by atomic mass is 10.0. The molecule has 1 atom stereocenters. The minimum atomic E-state index is 0.328. The summed E-state index contributed by atoms with van der Waals surface area (Å²) in [5.41, 5.74) is 1.34. The van der Waals surface area contributed by atoms with Crippen molar-refractivity contribution in [1.82, 2.24) is 0 Å². The maximum absolute atomic E-state index is 5.87. The first kappa shape index (κ1) is 18.1. The Balaban J connectivity index is 1.53. The number of epoxide rings is 1. The zero-order chi connectivity index (χ0) is 16.2. The zero-order valence-electron chi connectivity index (χ0n) is 14.6. The fraction of sp³-hybridized carbons (Fsp3) is 0.619. The van der Waals surface area contributed by atoms with Gasteiger partial charge in [-0.05, 0) is 43.7 Å². The van der Waals surface area contributed by atoms with E-state index in [1.165, 1.54) is 56.9 Å². The number of ether oxygens (including phenoxy) is 2. The minimum Gasteiger partial charge on any atom is -0.491 e. The topological polar surface area (TPSA) is 21.8 Å². The molecular weight excluding hydrogens is 284 g/mol. The van der Waals surface area contributed by atoms with Crippen molar-refractivity contribution in [3.63, 3.8) is 0 Å². The largest absolute Gasteiger partial charge is 0.491 e. The van der Waals surface area contributed by atoms with Gasteiger partial charge in [0.1, 0.15) is 18.5 Å². The standard InChI is InChI=1S/C21H32O2/c1-2-3-4-5-6-7-8-9-10-11-14-19-15-12-13-16-21(19)23-18-20-17-22-20/h4-5,12-13,15-16,20H,2-3,6-11,14,17-18H2,1H3/b5-4+. The molecule has 23 heavy (non-hydrogen) atoms. The molecule has 0 aliphatic carbocycles. The zero-order valence-corrected chi connectivity index (χ0v) is 14.6. The van der Waals surface area contributed by atoms with E-state index in [1.807, 2.05) is 0 Å². The van der Waals surface area contributed by atoms with Gasteiger partial charge >= 0.3 is 0 Å². The van der Waals surface area contributed by atoms with Crippen LogP contribution in [-0.2, 0) is 11.2 Å². The molecule has 1 aliphatic heterocycles. The number of para-hydroxylation sites is 1. The molecule has 128 valence electrons. The summed E-state index contributed by atoms with van der Waals surface area (Å²) in [6.07, 6.45) is 16.5. The summed E-state index contributed by atoms with van der Waals surface area (Å²) in [5, 5.41) is 0. The molecule has 0 amide bonds. The second-order valence-corrected chi connectivity index (χ2v) is 6.44. The van der Waals surface area contributed by atoms with Crippen LogP contribution in [0.1, 0.15) is 63.9 Å². The summed E-state index contributed by atoms with van der Waals surface area (Å²) in [6, 6.07) is 8.44. The molecule has 0 aromatic heterocycles. The Bertz CT molecular complexity index is 449. The molecule has 0 bridgehead atoms. The Morgan fingerprint density at radius 2 is 1.78 bits per heavy atom. The molecule has 0 radical (unpaired) electrons. The minimum absolute atomic E-state index is 0.328. The predicted octanol–water partition coefficient (Wildman–Crippen LogP) is 5.70. The smallest absolute Gasteiger partial charge is 0.122 e. The number of rotatable bonds is 13. The predicted molar refractivity (Wildman–Crippen MR) is 97.1 cm³/mol. The summed E-state index contributed by atoms with van der Waals surface area (Å²) in [6.45, 7) is 3.78. The molecule has 2 nitrogen and oxygen atoms in total. The third kappa shape index (κ3) is 8.22. The molecule has 1 saturated heterocycles. The monoisotopic (exact) mass is 316 g/mol. The molecule has 2 rings (SSSR count). The highest BCUT2D eigenvalue weighted by molar-refractivity contribution is 5.33. The second kappa shape index (κ2) is 11.3. The third-order valence-electron chi connectivity index (χ3n) is 4.24. The van der Waals surface area contributed by atoms with Crippen molar-refractivity contribution in [2.45, 2.75) is 70.8 Å². The van der Waals surface area contributed by atoms with Gasteiger partial charge in [-0.3, -0.25) is 0 Å². The first-order valence-corrected chi connectivity index (χ1v) is 9.37. The van der Waals surface area contributed by atoms with Crippen molar-refractivity contribution in [3.8, 4) is 5.75 Å². The number of aryl methyl sites for hydroxylation is 1. The van der Waals surface area contributed by atoms with Crippen LogP contribution in [0.3, 0.4) is 0 Å². The van der Waals surface area contributed by atoms with Crippen LogP contribution in [-0.4, -0.2) is 19.3 Å². The van der Waals surface area contributed by atoms with Crippen molar-refractivity contribution < 1.29 is 9.47 Å². The van der Waals surface area contributed by atoms with Crippen LogP contribution in [0.5, 0.6) is 5.75 Å². The maximum atomic E-state index is 5.87. The highest BCUT2D eigenvalue weighted by atomic mass is 16.6. The van der Waals surface area contributed by atoms with Gasteiger partial charge in [0.2, 0.25) is 0 Å². The van der Waals surface area contributed by atoms with E-state index in [-0.39, 0.29) is 0 Å². The van der Waals surface area contributed by atoms with Crippen molar-refractivity contribution >= 4 is 0 Å². The Morgan fingerprint density at radius 3 is 2.61 bits per heavy atom. The van der Waals surface area contributed by atoms with Crippen LogP contribution < -0.4 is 4.74 Å².